The van der Waals surface area contributed by atoms with E-state index in [4.69, 9.17) is 5.11 Å². The lowest BCUT2D eigenvalue weighted by Crippen LogP contribution is -2.44. The maximum absolute atomic E-state index is 12.4. The van der Waals surface area contributed by atoms with E-state index in [0.29, 0.717) is 5.56 Å². The van der Waals surface area contributed by atoms with Crippen molar-refractivity contribution in [2.45, 2.75) is 37.0 Å². The summed E-state index contributed by atoms with van der Waals surface area (Å²) in [5.41, 5.74) is 0.378. The van der Waals surface area contributed by atoms with Gasteiger partial charge in [-0.05, 0) is 23.6 Å². The quantitative estimate of drug-likeness (QED) is 0.776. The maximum atomic E-state index is 12.4. The molecule has 0 heterocycles. The normalized spacial score (nSPS) is 13.1. The second-order valence-corrected chi connectivity index (χ2v) is 7.17. The van der Waals surface area contributed by atoms with Crippen molar-refractivity contribution in [1.82, 2.24) is 5.32 Å². The predicted molar refractivity (Wildman–Crippen MR) is 77.7 cm³/mol. The molecule has 0 aliphatic heterocycles. The van der Waals surface area contributed by atoms with Crippen LogP contribution in [0.4, 0.5) is 8.78 Å². The van der Waals surface area contributed by atoms with E-state index in [2.05, 4.69) is 5.32 Å². The number of amides is 1. The number of carbonyl (C=O) groups is 2. The zero-order valence-corrected chi connectivity index (χ0v) is 13.3. The van der Waals surface area contributed by atoms with Gasteiger partial charge in [0.15, 0.2) is 0 Å². The number of halogens is 2. The lowest BCUT2D eigenvalue weighted by Gasteiger charge is -2.17. The lowest BCUT2D eigenvalue weighted by molar-refractivity contribution is -0.143. The fourth-order valence-corrected chi connectivity index (χ4v) is 2.54. The van der Waals surface area contributed by atoms with E-state index >= 15 is 0 Å². The zero-order valence-electron chi connectivity index (χ0n) is 12.5. The summed E-state index contributed by atoms with van der Waals surface area (Å²) in [5.74, 6) is -5.55. The monoisotopic (exact) mass is 349 g/mol. The third-order valence-electron chi connectivity index (χ3n) is 3.10. The van der Waals surface area contributed by atoms with Crippen molar-refractivity contribution >= 4 is 21.7 Å². The SMILES string of the molecule is CC(C)[C@@H](NC(=O)Cc1ccc(S(=O)(=O)C(F)F)cc1)C(=O)O. The number of hydrogen-bond acceptors (Lipinski definition) is 4. The molecule has 9 heteroatoms. The highest BCUT2D eigenvalue weighted by Crippen LogP contribution is 2.18. The van der Waals surface area contributed by atoms with Gasteiger partial charge >= 0.3 is 11.7 Å². The summed E-state index contributed by atoms with van der Waals surface area (Å²) in [4.78, 5) is 22.3. The molecule has 1 rings (SSSR count). The number of nitrogens with one attached hydrogen (secondary N) is 1. The number of alkyl halides is 2. The smallest absolute Gasteiger partial charge is 0.341 e. The third-order valence-corrected chi connectivity index (χ3v) is 4.50. The van der Waals surface area contributed by atoms with Crippen LogP contribution in [0.5, 0.6) is 0 Å². The average molecular weight is 349 g/mol. The summed E-state index contributed by atoms with van der Waals surface area (Å²) in [5, 5.41) is 11.3. The number of aliphatic carboxylic acids is 1. The molecule has 1 aromatic rings. The molecule has 2 N–H and O–H groups in total. The molecular weight excluding hydrogens is 332 g/mol. The Morgan fingerprint density at radius 1 is 1.17 bits per heavy atom. The number of sulfone groups is 1. The van der Waals surface area contributed by atoms with Gasteiger partial charge in [-0.15, -0.1) is 0 Å². The molecule has 0 saturated heterocycles. The molecule has 0 aliphatic carbocycles. The summed E-state index contributed by atoms with van der Waals surface area (Å²) in [7, 11) is -4.68. The Morgan fingerprint density at radius 3 is 2.09 bits per heavy atom. The molecule has 1 amide bonds. The highest BCUT2D eigenvalue weighted by molar-refractivity contribution is 7.91. The Labute approximate surface area is 132 Å². The van der Waals surface area contributed by atoms with Gasteiger partial charge < -0.3 is 10.4 Å². The second-order valence-electron chi connectivity index (χ2n) is 5.25. The number of carbonyl (C=O) groups excluding carboxylic acids is 1. The van der Waals surface area contributed by atoms with Crippen LogP contribution in [0.25, 0.3) is 0 Å². The van der Waals surface area contributed by atoms with Crippen LogP contribution in [0.2, 0.25) is 0 Å². The largest absolute Gasteiger partial charge is 0.480 e. The van der Waals surface area contributed by atoms with Gasteiger partial charge in [0.25, 0.3) is 0 Å². The zero-order chi connectivity index (χ0) is 17.8. The molecular formula is C14H17F2NO5S. The van der Waals surface area contributed by atoms with Crippen LogP contribution >= 0.6 is 0 Å². The minimum Gasteiger partial charge on any atom is -0.480 e. The Kier molecular flexibility index (Phi) is 6.20. The Hall–Kier alpha value is -2.03. The van der Waals surface area contributed by atoms with E-state index in [-0.39, 0.29) is 12.3 Å². The van der Waals surface area contributed by atoms with E-state index in [9.17, 15) is 26.8 Å². The summed E-state index contributed by atoms with van der Waals surface area (Å²) in [6.07, 6.45) is -0.189. The Bertz CT molecular complexity index is 671. The molecule has 128 valence electrons. The van der Waals surface area contributed by atoms with Crippen molar-refractivity contribution < 1.29 is 31.9 Å². The van der Waals surface area contributed by atoms with Gasteiger partial charge in [0.1, 0.15) is 6.04 Å². The molecule has 0 aliphatic rings. The first-order valence-corrected chi connectivity index (χ1v) is 8.23. The molecule has 0 saturated carbocycles. The predicted octanol–water partition coefficient (Wildman–Crippen LogP) is 1.45. The number of rotatable bonds is 7. The highest BCUT2D eigenvalue weighted by atomic mass is 32.2. The van der Waals surface area contributed by atoms with Gasteiger partial charge in [0.05, 0.1) is 11.3 Å². The van der Waals surface area contributed by atoms with Gasteiger partial charge in [-0.2, -0.15) is 8.78 Å². The van der Waals surface area contributed by atoms with E-state index in [1.165, 1.54) is 12.1 Å². The lowest BCUT2D eigenvalue weighted by atomic mass is 10.0. The average Bonchev–Trinajstić information content (AvgIpc) is 2.44. The van der Waals surface area contributed by atoms with Crippen molar-refractivity contribution in [2.75, 3.05) is 0 Å². The van der Waals surface area contributed by atoms with Gasteiger partial charge in [-0.25, -0.2) is 13.2 Å². The molecule has 0 aromatic heterocycles. The highest BCUT2D eigenvalue weighted by Gasteiger charge is 2.26. The van der Waals surface area contributed by atoms with Crippen LogP contribution < -0.4 is 5.32 Å². The summed E-state index contributed by atoms with van der Waals surface area (Å²) < 4.78 is 47.3. The van der Waals surface area contributed by atoms with Crippen molar-refractivity contribution in [1.29, 1.82) is 0 Å². The molecule has 0 spiro atoms. The number of carboxylic acid groups (broad SMARTS) is 1. The minimum atomic E-state index is -4.68. The van der Waals surface area contributed by atoms with Crippen molar-refractivity contribution in [3.8, 4) is 0 Å². The Balaban J connectivity index is 2.79. The fourth-order valence-electron chi connectivity index (χ4n) is 1.82. The van der Waals surface area contributed by atoms with Crippen LogP contribution in [0, 0.1) is 5.92 Å². The first kappa shape index (κ1) is 19.0. The minimum absolute atomic E-state index is 0.189. The molecule has 23 heavy (non-hydrogen) atoms. The number of hydrogen-bond donors (Lipinski definition) is 2. The molecule has 1 aromatic carbocycles. The molecule has 0 fully saturated rings. The maximum Gasteiger partial charge on any atom is 0.341 e. The van der Waals surface area contributed by atoms with Gasteiger partial charge in [-0.3, -0.25) is 4.79 Å². The molecule has 1 atom stereocenters. The van der Waals surface area contributed by atoms with E-state index in [1.54, 1.807) is 13.8 Å². The number of carboxylic acids is 1. The Morgan fingerprint density at radius 2 is 1.70 bits per heavy atom. The molecule has 6 nitrogen and oxygen atoms in total. The standard InChI is InChI=1S/C14H17F2NO5S/c1-8(2)12(13(19)20)17-11(18)7-9-3-5-10(6-4-9)23(21,22)14(15)16/h3-6,8,12,14H,7H2,1-2H3,(H,17,18)(H,19,20)/t12-/m1/s1. The van der Waals surface area contributed by atoms with Crippen LogP contribution in [-0.2, 0) is 25.8 Å². The third kappa shape index (κ3) is 4.98. The summed E-state index contributed by atoms with van der Waals surface area (Å²) in [6, 6.07) is 3.41. The van der Waals surface area contributed by atoms with Crippen LogP contribution in [0.15, 0.2) is 29.2 Å². The topological polar surface area (TPSA) is 101 Å². The second kappa shape index (κ2) is 7.49. The van der Waals surface area contributed by atoms with Crippen molar-refractivity contribution in [2.24, 2.45) is 5.92 Å². The van der Waals surface area contributed by atoms with E-state index in [0.717, 1.165) is 12.1 Å². The first-order valence-electron chi connectivity index (χ1n) is 6.69. The summed E-state index contributed by atoms with van der Waals surface area (Å²) >= 11 is 0. The van der Waals surface area contributed by atoms with Crippen LogP contribution in [0.3, 0.4) is 0 Å². The molecule has 0 bridgehead atoms. The summed E-state index contributed by atoms with van der Waals surface area (Å²) in [6.45, 7) is 3.28. The first-order chi connectivity index (χ1) is 10.6. The van der Waals surface area contributed by atoms with Crippen LogP contribution in [0.1, 0.15) is 19.4 Å². The van der Waals surface area contributed by atoms with E-state index in [1.807, 2.05) is 0 Å². The van der Waals surface area contributed by atoms with Gasteiger partial charge in [0.2, 0.25) is 15.7 Å². The van der Waals surface area contributed by atoms with Crippen molar-refractivity contribution in [3.05, 3.63) is 29.8 Å². The van der Waals surface area contributed by atoms with Crippen molar-refractivity contribution in [3.63, 3.8) is 0 Å². The molecule has 0 radical (unpaired) electrons. The van der Waals surface area contributed by atoms with Crippen LogP contribution in [-0.4, -0.2) is 37.2 Å². The van der Waals surface area contributed by atoms with E-state index < -0.39 is 38.4 Å². The fraction of sp³-hybridized carbons (Fsp3) is 0.429. The number of benzene rings is 1. The van der Waals surface area contributed by atoms with Gasteiger partial charge in [0, 0.05) is 0 Å². The van der Waals surface area contributed by atoms with Gasteiger partial charge in [-0.1, -0.05) is 26.0 Å². The molecule has 0 unspecified atom stereocenters.